The molecule has 20 heavy (non-hydrogen) atoms. The lowest BCUT2D eigenvalue weighted by atomic mass is 10.2. The molecule has 0 saturated heterocycles. The number of hydrogen-bond donors (Lipinski definition) is 2. The highest BCUT2D eigenvalue weighted by Gasteiger charge is 2.38. The van der Waals surface area contributed by atoms with E-state index < -0.39 is 20.5 Å². The van der Waals surface area contributed by atoms with Crippen molar-refractivity contribution in [2.75, 3.05) is 6.26 Å². The summed E-state index contributed by atoms with van der Waals surface area (Å²) in [5.41, 5.74) is 1.68. The van der Waals surface area contributed by atoms with Crippen LogP contribution in [-0.4, -0.2) is 35.3 Å². The number of imidazole rings is 1. The Balaban J connectivity index is 2.11. The fraction of sp³-hybridized carbons (Fsp3) is 0.385. The Kier molecular flexibility index (Phi) is 3.56. The number of nitrogens with one attached hydrogen (secondary N) is 2. The molecule has 0 bridgehead atoms. The maximum atomic E-state index is 12.0. The van der Waals surface area contributed by atoms with Gasteiger partial charge in [0.15, 0.2) is 9.84 Å². The number of amides is 1. The topological polar surface area (TPSA) is 91.9 Å². The van der Waals surface area contributed by atoms with Gasteiger partial charge in [-0.1, -0.05) is 12.1 Å². The molecule has 1 heterocycles. The van der Waals surface area contributed by atoms with Crippen LogP contribution in [0.2, 0.25) is 0 Å². The summed E-state index contributed by atoms with van der Waals surface area (Å²) in [6, 6.07) is 7.50. The van der Waals surface area contributed by atoms with Crippen molar-refractivity contribution in [2.24, 2.45) is 0 Å². The lowest BCUT2D eigenvalue weighted by molar-refractivity contribution is -0.123. The van der Waals surface area contributed by atoms with Crippen LogP contribution in [0.5, 0.6) is 0 Å². The van der Waals surface area contributed by atoms with Crippen LogP contribution < -0.4 is 5.32 Å². The summed E-state index contributed by atoms with van der Waals surface area (Å²) in [7, 11) is -3.47. The minimum Gasteiger partial charge on any atom is -0.348 e. The van der Waals surface area contributed by atoms with E-state index in [0.717, 1.165) is 17.3 Å². The SMILES string of the molecule is CC(C)(C(=O)NCc1nc2ccccc2[nH]1)S(C)(=O)=O. The van der Waals surface area contributed by atoms with Crippen LogP contribution in [0.1, 0.15) is 19.7 Å². The lowest BCUT2D eigenvalue weighted by Crippen LogP contribution is -2.47. The number of nitrogens with zero attached hydrogens (tertiary/aromatic N) is 1. The molecule has 1 amide bonds. The normalized spacial score (nSPS) is 12.6. The number of benzene rings is 1. The van der Waals surface area contributed by atoms with Crippen molar-refractivity contribution in [1.82, 2.24) is 15.3 Å². The molecule has 0 fully saturated rings. The minimum absolute atomic E-state index is 0.159. The largest absolute Gasteiger partial charge is 0.348 e. The first-order valence-corrected chi connectivity index (χ1v) is 8.02. The Labute approximate surface area is 117 Å². The van der Waals surface area contributed by atoms with E-state index in [-0.39, 0.29) is 6.54 Å². The number of carbonyl (C=O) groups is 1. The summed E-state index contributed by atoms with van der Waals surface area (Å²) in [6.45, 7) is 2.93. The van der Waals surface area contributed by atoms with Gasteiger partial charge in [0, 0.05) is 6.26 Å². The monoisotopic (exact) mass is 295 g/mol. The summed E-state index contributed by atoms with van der Waals surface area (Å²) in [4.78, 5) is 19.3. The Bertz CT molecular complexity index is 714. The van der Waals surface area contributed by atoms with E-state index in [1.54, 1.807) is 0 Å². The Morgan fingerprint density at radius 2 is 2.00 bits per heavy atom. The number of H-pyrrole nitrogens is 1. The number of aromatic nitrogens is 2. The van der Waals surface area contributed by atoms with Crippen molar-refractivity contribution in [3.05, 3.63) is 30.1 Å². The van der Waals surface area contributed by atoms with Crippen LogP contribution in [0, 0.1) is 0 Å². The molecule has 0 aliphatic heterocycles. The van der Waals surface area contributed by atoms with Gasteiger partial charge in [-0.3, -0.25) is 4.79 Å². The lowest BCUT2D eigenvalue weighted by Gasteiger charge is -2.20. The van der Waals surface area contributed by atoms with Gasteiger partial charge in [0.1, 0.15) is 10.6 Å². The molecule has 0 aliphatic carbocycles. The van der Waals surface area contributed by atoms with Gasteiger partial charge < -0.3 is 10.3 Å². The third-order valence-corrected chi connectivity index (χ3v) is 5.37. The van der Waals surface area contributed by atoms with Crippen LogP contribution in [0.3, 0.4) is 0 Å². The number of hydrogen-bond acceptors (Lipinski definition) is 4. The third-order valence-electron chi connectivity index (χ3n) is 3.33. The maximum Gasteiger partial charge on any atom is 0.241 e. The van der Waals surface area contributed by atoms with Gasteiger partial charge in [-0.2, -0.15) is 0 Å². The number of sulfone groups is 1. The van der Waals surface area contributed by atoms with Gasteiger partial charge in [-0.25, -0.2) is 13.4 Å². The van der Waals surface area contributed by atoms with Gasteiger partial charge in [-0.05, 0) is 26.0 Å². The van der Waals surface area contributed by atoms with E-state index in [9.17, 15) is 13.2 Å². The molecule has 0 radical (unpaired) electrons. The first-order valence-electron chi connectivity index (χ1n) is 6.13. The number of fused-ring (bicyclic) bond motifs is 1. The highest BCUT2D eigenvalue weighted by molar-refractivity contribution is 7.92. The molecule has 1 aromatic carbocycles. The summed E-state index contributed by atoms with van der Waals surface area (Å²) in [5, 5.41) is 2.59. The average Bonchev–Trinajstić information content (AvgIpc) is 2.77. The third kappa shape index (κ3) is 2.67. The second-order valence-corrected chi connectivity index (χ2v) is 7.73. The standard InChI is InChI=1S/C13H17N3O3S/c1-13(2,20(3,18)19)12(17)14-8-11-15-9-6-4-5-7-10(9)16-11/h4-7H,8H2,1-3H3,(H,14,17)(H,15,16). The molecule has 0 unspecified atom stereocenters. The van der Waals surface area contributed by atoms with Crippen LogP contribution in [0.25, 0.3) is 11.0 Å². The van der Waals surface area contributed by atoms with Crippen LogP contribution >= 0.6 is 0 Å². The van der Waals surface area contributed by atoms with E-state index in [1.807, 2.05) is 24.3 Å². The zero-order valence-corrected chi connectivity index (χ0v) is 12.4. The summed E-state index contributed by atoms with van der Waals surface area (Å²) < 4.78 is 21.7. The van der Waals surface area contributed by atoms with Gasteiger partial charge in [-0.15, -0.1) is 0 Å². The van der Waals surface area contributed by atoms with Gasteiger partial charge in [0.2, 0.25) is 5.91 Å². The Morgan fingerprint density at radius 3 is 2.60 bits per heavy atom. The highest BCUT2D eigenvalue weighted by atomic mass is 32.2. The van der Waals surface area contributed by atoms with Gasteiger partial charge in [0.05, 0.1) is 17.6 Å². The van der Waals surface area contributed by atoms with Crippen LogP contribution in [-0.2, 0) is 21.2 Å². The van der Waals surface area contributed by atoms with Crippen molar-refractivity contribution < 1.29 is 13.2 Å². The Morgan fingerprint density at radius 1 is 1.35 bits per heavy atom. The van der Waals surface area contributed by atoms with E-state index >= 15 is 0 Å². The second kappa shape index (κ2) is 4.90. The number of para-hydroxylation sites is 2. The van der Waals surface area contributed by atoms with E-state index in [4.69, 9.17) is 0 Å². The predicted molar refractivity (Wildman–Crippen MR) is 76.9 cm³/mol. The van der Waals surface area contributed by atoms with Crippen LogP contribution in [0.4, 0.5) is 0 Å². The molecular weight excluding hydrogens is 278 g/mol. The molecule has 1 aromatic heterocycles. The number of carbonyl (C=O) groups excluding carboxylic acids is 1. The second-order valence-electron chi connectivity index (χ2n) is 5.17. The molecule has 2 aromatic rings. The zero-order chi connectivity index (χ0) is 15.0. The smallest absolute Gasteiger partial charge is 0.241 e. The summed E-state index contributed by atoms with van der Waals surface area (Å²) in [5.74, 6) is 0.0457. The highest BCUT2D eigenvalue weighted by Crippen LogP contribution is 2.15. The summed E-state index contributed by atoms with van der Waals surface area (Å²) >= 11 is 0. The fourth-order valence-electron chi connectivity index (χ4n) is 1.63. The number of rotatable bonds is 4. The molecule has 6 nitrogen and oxygen atoms in total. The molecule has 0 aliphatic rings. The van der Waals surface area contributed by atoms with Crippen molar-refractivity contribution in [1.29, 1.82) is 0 Å². The zero-order valence-electron chi connectivity index (χ0n) is 11.6. The first-order chi connectivity index (χ1) is 9.22. The van der Waals surface area contributed by atoms with Gasteiger partial charge in [0.25, 0.3) is 0 Å². The van der Waals surface area contributed by atoms with Crippen molar-refractivity contribution in [3.63, 3.8) is 0 Å². The van der Waals surface area contributed by atoms with Crippen molar-refractivity contribution in [2.45, 2.75) is 25.1 Å². The molecule has 0 spiro atoms. The average molecular weight is 295 g/mol. The fourth-order valence-corrected chi connectivity index (χ4v) is 2.04. The molecule has 0 atom stereocenters. The maximum absolute atomic E-state index is 12.0. The minimum atomic E-state index is -3.47. The molecule has 0 saturated carbocycles. The molecule has 7 heteroatoms. The molecule has 108 valence electrons. The Hall–Kier alpha value is -1.89. The summed E-state index contributed by atoms with van der Waals surface area (Å²) in [6.07, 6.45) is 1.05. The molecule has 2 rings (SSSR count). The van der Waals surface area contributed by atoms with Crippen molar-refractivity contribution in [3.8, 4) is 0 Å². The quantitative estimate of drug-likeness (QED) is 0.880. The van der Waals surface area contributed by atoms with E-state index in [0.29, 0.717) is 5.82 Å². The number of aromatic amines is 1. The van der Waals surface area contributed by atoms with Crippen molar-refractivity contribution >= 4 is 26.8 Å². The van der Waals surface area contributed by atoms with E-state index in [1.165, 1.54) is 13.8 Å². The predicted octanol–water partition coefficient (Wildman–Crippen LogP) is 1.00. The molecule has 2 N–H and O–H groups in total. The molecular formula is C13H17N3O3S. The first kappa shape index (κ1) is 14.5. The van der Waals surface area contributed by atoms with E-state index in [2.05, 4.69) is 15.3 Å². The van der Waals surface area contributed by atoms with Gasteiger partial charge >= 0.3 is 0 Å². The van der Waals surface area contributed by atoms with Crippen LogP contribution in [0.15, 0.2) is 24.3 Å².